The Kier molecular flexibility index (Phi) is 10.5. The SMILES string of the molecule is CCO/N=C(/C(=O)NC1C(=O)N2C(C(=O)OC(c3ccccc3)c3ccccc3)=C(S/C=C\c3cccnc3)CSC12)c1csc(N)n1. The molecule has 48 heavy (non-hydrogen) atoms. The maximum absolute atomic E-state index is 14.2. The lowest BCUT2D eigenvalue weighted by molar-refractivity contribution is -0.154. The Morgan fingerprint density at radius 2 is 1.85 bits per heavy atom. The third kappa shape index (κ3) is 7.30. The van der Waals surface area contributed by atoms with E-state index in [4.69, 9.17) is 15.3 Å². The second kappa shape index (κ2) is 15.3. The highest BCUT2D eigenvalue weighted by atomic mass is 32.2. The molecule has 3 N–H and O–H groups in total. The molecule has 2 aliphatic rings. The number of fused-ring (bicyclic) bond motifs is 1. The summed E-state index contributed by atoms with van der Waals surface area (Å²) >= 11 is 3.92. The van der Waals surface area contributed by atoms with Crippen LogP contribution in [0.2, 0.25) is 0 Å². The Bertz CT molecular complexity index is 1830. The first-order valence-corrected chi connectivity index (χ1v) is 17.7. The molecule has 2 aromatic heterocycles. The largest absolute Gasteiger partial charge is 0.448 e. The van der Waals surface area contributed by atoms with Crippen molar-refractivity contribution >= 4 is 69.6 Å². The summed E-state index contributed by atoms with van der Waals surface area (Å²) < 4.78 is 6.23. The smallest absolute Gasteiger partial charge is 0.356 e. The fourth-order valence-electron chi connectivity index (χ4n) is 5.03. The van der Waals surface area contributed by atoms with Crippen molar-refractivity contribution in [3.63, 3.8) is 0 Å². The Morgan fingerprint density at radius 1 is 1.12 bits per heavy atom. The van der Waals surface area contributed by atoms with Crippen molar-refractivity contribution in [1.82, 2.24) is 20.2 Å². The highest BCUT2D eigenvalue weighted by molar-refractivity contribution is 8.08. The molecule has 0 saturated carbocycles. The summed E-state index contributed by atoms with van der Waals surface area (Å²) in [7, 11) is 0. The Balaban J connectivity index is 1.29. The van der Waals surface area contributed by atoms with E-state index in [9.17, 15) is 14.4 Å². The molecular formula is C34H30N6O5S3. The van der Waals surface area contributed by atoms with E-state index in [-0.39, 0.29) is 28.8 Å². The molecule has 2 atom stereocenters. The number of anilines is 1. The third-order valence-corrected chi connectivity index (χ3v) is 10.3. The minimum absolute atomic E-state index is 0.0996. The summed E-state index contributed by atoms with van der Waals surface area (Å²) in [6.45, 7) is 1.96. The van der Waals surface area contributed by atoms with Gasteiger partial charge in [0.15, 0.2) is 16.9 Å². The zero-order valence-corrected chi connectivity index (χ0v) is 28.0. The summed E-state index contributed by atoms with van der Waals surface area (Å²) in [5.41, 5.74) is 8.52. The highest BCUT2D eigenvalue weighted by Crippen LogP contribution is 2.45. The molecule has 0 aliphatic carbocycles. The number of nitrogens with one attached hydrogen (secondary N) is 1. The number of thioether (sulfide) groups is 2. The molecule has 0 radical (unpaired) electrons. The number of benzene rings is 2. The van der Waals surface area contributed by atoms with Crippen LogP contribution in [0.5, 0.6) is 0 Å². The third-order valence-electron chi connectivity index (χ3n) is 7.26. The van der Waals surface area contributed by atoms with Crippen molar-refractivity contribution < 1.29 is 24.0 Å². The van der Waals surface area contributed by atoms with Gasteiger partial charge in [0, 0.05) is 28.4 Å². The number of nitrogen functional groups attached to an aromatic ring is 1. The van der Waals surface area contributed by atoms with Gasteiger partial charge in [-0.1, -0.05) is 83.6 Å². The van der Waals surface area contributed by atoms with E-state index in [0.29, 0.717) is 10.7 Å². The van der Waals surface area contributed by atoms with Crippen LogP contribution in [-0.4, -0.2) is 62.1 Å². The standard InChI is InChI=1S/C34H30N6O5S3/c1-2-44-39-26(24-19-48-34(35)37-24)30(41)38-27-31(42)40-28(25(20-47-32(27)40)46-17-15-21-10-9-16-36-18-21)33(43)45-29(22-11-5-3-6-12-22)23-13-7-4-8-14-23/h3-19,27,29,32H,2,20H2,1H3,(H2,35,37)(H,38,41)/b17-15-,39-26+. The molecule has 2 unspecified atom stereocenters. The van der Waals surface area contributed by atoms with Crippen LogP contribution in [0.1, 0.15) is 35.4 Å². The number of nitrogens with two attached hydrogens (primary N) is 1. The molecule has 1 saturated heterocycles. The van der Waals surface area contributed by atoms with Gasteiger partial charge in [0.2, 0.25) is 0 Å². The van der Waals surface area contributed by atoms with E-state index in [1.807, 2.05) is 84.3 Å². The average Bonchev–Trinajstić information content (AvgIpc) is 3.56. The van der Waals surface area contributed by atoms with E-state index in [2.05, 4.69) is 20.4 Å². The predicted octanol–water partition coefficient (Wildman–Crippen LogP) is 5.21. The number of β-lactam (4-membered cyclic amide) rings is 1. The number of pyridine rings is 1. The first-order valence-electron chi connectivity index (χ1n) is 14.9. The Hall–Kier alpha value is -4.92. The van der Waals surface area contributed by atoms with Gasteiger partial charge < -0.3 is 20.6 Å². The van der Waals surface area contributed by atoms with Crippen molar-refractivity contribution in [2.24, 2.45) is 5.16 Å². The molecule has 11 nitrogen and oxygen atoms in total. The van der Waals surface area contributed by atoms with E-state index in [1.54, 1.807) is 24.7 Å². The van der Waals surface area contributed by atoms with Gasteiger partial charge in [-0.15, -0.1) is 23.1 Å². The molecule has 0 bridgehead atoms. The molecule has 2 aliphatic heterocycles. The molecular weight excluding hydrogens is 669 g/mol. The van der Waals surface area contributed by atoms with E-state index >= 15 is 0 Å². The van der Waals surface area contributed by atoms with Crippen LogP contribution in [0.25, 0.3) is 6.08 Å². The number of hydrogen-bond acceptors (Lipinski definition) is 12. The summed E-state index contributed by atoms with van der Waals surface area (Å²) in [5, 5.41) is 9.85. The van der Waals surface area contributed by atoms with Gasteiger partial charge in [0.05, 0.1) is 0 Å². The number of nitrogens with zero attached hydrogens (tertiary/aromatic N) is 4. The lowest BCUT2D eigenvalue weighted by Gasteiger charge is -2.49. The molecule has 2 amide bonds. The second-order valence-corrected chi connectivity index (χ2v) is 13.4. The van der Waals surface area contributed by atoms with Gasteiger partial charge >= 0.3 is 5.97 Å². The van der Waals surface area contributed by atoms with Gasteiger partial charge in [-0.25, -0.2) is 9.78 Å². The lowest BCUT2D eigenvalue weighted by atomic mass is 10.0. The van der Waals surface area contributed by atoms with Crippen molar-refractivity contribution in [2.75, 3.05) is 18.1 Å². The molecule has 4 heterocycles. The van der Waals surface area contributed by atoms with Crippen molar-refractivity contribution in [3.8, 4) is 0 Å². The van der Waals surface area contributed by atoms with Gasteiger partial charge in [-0.05, 0) is 41.2 Å². The molecule has 4 aromatic rings. The number of oxime groups is 1. The monoisotopic (exact) mass is 698 g/mol. The van der Waals surface area contributed by atoms with Gasteiger partial charge in [-0.2, -0.15) is 0 Å². The average molecular weight is 699 g/mol. The summed E-state index contributed by atoms with van der Waals surface area (Å²) in [4.78, 5) is 56.9. The van der Waals surface area contributed by atoms with Crippen LogP contribution in [0.3, 0.4) is 0 Å². The highest BCUT2D eigenvalue weighted by Gasteiger charge is 2.55. The van der Waals surface area contributed by atoms with Crippen LogP contribution in [-0.2, 0) is 24.0 Å². The van der Waals surface area contributed by atoms with Crippen LogP contribution >= 0.6 is 34.9 Å². The van der Waals surface area contributed by atoms with Gasteiger partial charge in [-0.3, -0.25) is 19.5 Å². The van der Waals surface area contributed by atoms with E-state index in [0.717, 1.165) is 28.0 Å². The number of thiazole rings is 1. The summed E-state index contributed by atoms with van der Waals surface area (Å²) in [6.07, 6.45) is 4.59. The molecule has 14 heteroatoms. The minimum Gasteiger partial charge on any atom is -0.448 e. The number of ether oxygens (including phenoxy) is 1. The van der Waals surface area contributed by atoms with E-state index in [1.165, 1.54) is 28.4 Å². The van der Waals surface area contributed by atoms with Crippen LogP contribution in [0, 0.1) is 0 Å². The van der Waals surface area contributed by atoms with Crippen LogP contribution in [0.4, 0.5) is 5.13 Å². The molecule has 1 fully saturated rings. The Morgan fingerprint density at radius 3 is 2.48 bits per heavy atom. The number of rotatable bonds is 12. The fourth-order valence-corrected chi connectivity index (χ4v) is 7.93. The number of carbonyl (C=O) groups is 3. The summed E-state index contributed by atoms with van der Waals surface area (Å²) in [6, 6.07) is 21.7. The molecule has 244 valence electrons. The zero-order valence-electron chi connectivity index (χ0n) is 25.6. The van der Waals surface area contributed by atoms with Crippen LogP contribution in [0.15, 0.2) is 112 Å². The first kappa shape index (κ1) is 33.0. The van der Waals surface area contributed by atoms with E-state index < -0.39 is 35.3 Å². The quantitative estimate of drug-likeness (QED) is 0.0874. The van der Waals surface area contributed by atoms with Crippen molar-refractivity contribution in [2.45, 2.75) is 24.4 Å². The fraction of sp³-hybridized carbons (Fsp3) is 0.176. The minimum atomic E-state index is -0.926. The topological polar surface area (TPSA) is 149 Å². The number of aromatic nitrogens is 2. The predicted molar refractivity (Wildman–Crippen MR) is 188 cm³/mol. The molecule has 0 spiro atoms. The number of esters is 1. The number of carbonyl (C=O) groups excluding carboxylic acids is 3. The van der Waals surface area contributed by atoms with Crippen molar-refractivity contribution in [3.05, 3.63) is 129 Å². The van der Waals surface area contributed by atoms with Crippen LogP contribution < -0.4 is 11.1 Å². The van der Waals surface area contributed by atoms with Crippen molar-refractivity contribution in [1.29, 1.82) is 0 Å². The van der Waals surface area contributed by atoms with Gasteiger partial charge in [0.1, 0.15) is 29.4 Å². The second-order valence-electron chi connectivity index (χ2n) is 10.4. The normalized spacial score (nSPS) is 17.7. The lowest BCUT2D eigenvalue weighted by Crippen LogP contribution is -2.71. The number of amides is 2. The zero-order chi connectivity index (χ0) is 33.5. The van der Waals surface area contributed by atoms with Gasteiger partial charge in [0.25, 0.3) is 11.8 Å². The molecule has 6 rings (SSSR count). The molecule has 2 aromatic carbocycles. The maximum atomic E-state index is 14.2. The maximum Gasteiger partial charge on any atom is 0.356 e. The number of hydrogen-bond donors (Lipinski definition) is 2. The summed E-state index contributed by atoms with van der Waals surface area (Å²) in [5.74, 6) is -1.35. The first-order chi connectivity index (χ1) is 23.4. The Labute approximate surface area is 289 Å².